The van der Waals surface area contributed by atoms with Crippen LogP contribution in [-0.4, -0.2) is 48.8 Å². The number of anilines is 1. The van der Waals surface area contributed by atoms with E-state index in [1.807, 2.05) is 12.3 Å². The summed E-state index contributed by atoms with van der Waals surface area (Å²) in [6, 6.07) is 8.16. The Hall–Kier alpha value is -4.26. The second kappa shape index (κ2) is 10.7. The molecule has 4 aromatic rings. The summed E-state index contributed by atoms with van der Waals surface area (Å²) in [5.41, 5.74) is 2.45. The van der Waals surface area contributed by atoms with E-state index < -0.39 is 21.7 Å². The Morgan fingerprint density at radius 2 is 2.02 bits per heavy atom. The molecule has 0 atom stereocenters. The molecule has 2 aromatic carbocycles. The van der Waals surface area contributed by atoms with Crippen LogP contribution in [0.2, 0.25) is 0 Å². The third kappa shape index (κ3) is 5.83. The number of sulfonamides is 1. The van der Waals surface area contributed by atoms with Crippen LogP contribution in [0.4, 0.5) is 10.6 Å². The zero-order valence-corrected chi connectivity index (χ0v) is 23.5. The highest BCUT2D eigenvalue weighted by molar-refractivity contribution is 7.92. The molecule has 0 saturated heterocycles. The first kappa shape index (κ1) is 27.3. The Morgan fingerprint density at radius 3 is 2.80 bits per heavy atom. The van der Waals surface area contributed by atoms with E-state index in [2.05, 4.69) is 20.3 Å². The fraction of sp³-hybridized carbons (Fsp3) is 0.370. The SMILES string of the molecule is COc1ccccc1S(=O)(=O)Nc1noc2cc(Cn3cc(CNC(=O)OC(C)(C)C)cn3)c3c(c12)OCCC3. The van der Waals surface area contributed by atoms with E-state index >= 15 is 0 Å². The molecule has 1 aliphatic heterocycles. The number of fused-ring (bicyclic) bond motifs is 3. The number of carbonyl (C=O) groups is 1. The van der Waals surface area contributed by atoms with Crippen LogP contribution >= 0.6 is 0 Å². The van der Waals surface area contributed by atoms with Gasteiger partial charge in [0.1, 0.15) is 27.4 Å². The molecule has 5 rings (SSSR count). The van der Waals surface area contributed by atoms with Crippen LogP contribution in [0.3, 0.4) is 0 Å². The predicted octanol–water partition coefficient (Wildman–Crippen LogP) is 4.23. The van der Waals surface area contributed by atoms with Gasteiger partial charge in [-0.1, -0.05) is 17.3 Å². The maximum Gasteiger partial charge on any atom is 0.407 e. The number of benzene rings is 2. The Morgan fingerprint density at radius 1 is 1.23 bits per heavy atom. The van der Waals surface area contributed by atoms with Crippen molar-refractivity contribution in [3.8, 4) is 11.5 Å². The summed E-state index contributed by atoms with van der Waals surface area (Å²) >= 11 is 0. The largest absolute Gasteiger partial charge is 0.495 e. The lowest BCUT2D eigenvalue weighted by atomic mass is 9.97. The maximum absolute atomic E-state index is 13.2. The number of hydrogen-bond acceptors (Lipinski definition) is 9. The molecule has 0 saturated carbocycles. The number of ether oxygens (including phenoxy) is 3. The normalized spacial score (nSPS) is 13.4. The van der Waals surface area contributed by atoms with Crippen molar-refractivity contribution in [2.24, 2.45) is 0 Å². The Labute approximate surface area is 231 Å². The van der Waals surface area contributed by atoms with Crippen molar-refractivity contribution in [2.45, 2.75) is 57.2 Å². The molecule has 2 aromatic heterocycles. The zero-order chi connectivity index (χ0) is 28.5. The molecule has 40 heavy (non-hydrogen) atoms. The number of para-hydroxylation sites is 1. The van der Waals surface area contributed by atoms with E-state index in [-0.39, 0.29) is 23.0 Å². The van der Waals surface area contributed by atoms with Gasteiger partial charge in [-0.05, 0) is 57.4 Å². The van der Waals surface area contributed by atoms with Crippen molar-refractivity contribution in [2.75, 3.05) is 18.4 Å². The van der Waals surface area contributed by atoms with E-state index in [1.54, 1.807) is 49.8 Å². The monoisotopic (exact) mass is 569 g/mol. The number of nitrogens with one attached hydrogen (secondary N) is 2. The van der Waals surface area contributed by atoms with Crippen molar-refractivity contribution < 1.29 is 31.9 Å². The van der Waals surface area contributed by atoms with Crippen molar-refractivity contribution in [1.29, 1.82) is 0 Å². The van der Waals surface area contributed by atoms with E-state index in [9.17, 15) is 13.2 Å². The quantitative estimate of drug-likeness (QED) is 0.318. The number of aromatic nitrogens is 3. The Balaban J connectivity index is 1.40. The molecule has 1 aliphatic rings. The van der Waals surface area contributed by atoms with E-state index in [0.717, 1.165) is 29.5 Å². The van der Waals surface area contributed by atoms with Crippen molar-refractivity contribution in [3.05, 3.63) is 59.4 Å². The second-order valence-electron chi connectivity index (χ2n) is 10.4. The van der Waals surface area contributed by atoms with Gasteiger partial charge in [-0.15, -0.1) is 0 Å². The highest BCUT2D eigenvalue weighted by Crippen LogP contribution is 2.41. The summed E-state index contributed by atoms with van der Waals surface area (Å²) in [7, 11) is -2.62. The lowest BCUT2D eigenvalue weighted by molar-refractivity contribution is 0.0523. The van der Waals surface area contributed by atoms with Gasteiger partial charge in [-0.25, -0.2) is 13.2 Å². The number of amides is 1. The first-order valence-electron chi connectivity index (χ1n) is 12.7. The van der Waals surface area contributed by atoms with Crippen molar-refractivity contribution >= 4 is 32.9 Å². The molecule has 12 nitrogen and oxygen atoms in total. The van der Waals surface area contributed by atoms with Gasteiger partial charge in [-0.3, -0.25) is 9.40 Å². The summed E-state index contributed by atoms with van der Waals surface area (Å²) < 4.78 is 52.8. The minimum atomic E-state index is -4.03. The van der Waals surface area contributed by atoms with Crippen LogP contribution < -0.4 is 19.5 Å². The summed E-state index contributed by atoms with van der Waals surface area (Å²) in [6.07, 6.45) is 4.56. The lowest BCUT2D eigenvalue weighted by Gasteiger charge is -2.21. The third-order valence-electron chi connectivity index (χ3n) is 6.17. The highest BCUT2D eigenvalue weighted by Gasteiger charge is 2.28. The molecule has 212 valence electrons. The minimum Gasteiger partial charge on any atom is -0.495 e. The van der Waals surface area contributed by atoms with Crippen LogP contribution in [0.25, 0.3) is 11.0 Å². The average Bonchev–Trinajstić information content (AvgIpc) is 3.53. The van der Waals surface area contributed by atoms with Gasteiger partial charge in [-0.2, -0.15) is 5.10 Å². The molecule has 0 aliphatic carbocycles. The summed E-state index contributed by atoms with van der Waals surface area (Å²) in [4.78, 5) is 12.0. The van der Waals surface area contributed by atoms with Gasteiger partial charge in [0.05, 0.1) is 26.5 Å². The van der Waals surface area contributed by atoms with Crippen LogP contribution in [0.5, 0.6) is 11.5 Å². The highest BCUT2D eigenvalue weighted by atomic mass is 32.2. The first-order chi connectivity index (χ1) is 19.0. The molecular formula is C27H31N5O7S. The van der Waals surface area contributed by atoms with Gasteiger partial charge in [0.15, 0.2) is 11.4 Å². The second-order valence-corrected chi connectivity index (χ2v) is 12.0. The standard InChI is InChI=1S/C27H31N5O7S/c1-27(2,3)38-26(33)28-13-17-14-29-32(15-17)16-18-12-21-23(24-19(18)8-7-11-37-24)25(30-39-21)31-40(34,35)22-10-6-5-9-20(22)36-4/h5-6,9-10,12,14-15H,7-8,11,13,16H2,1-4H3,(H,28,33)(H,30,31). The zero-order valence-electron chi connectivity index (χ0n) is 22.7. The van der Waals surface area contributed by atoms with E-state index in [1.165, 1.54) is 13.2 Å². The van der Waals surface area contributed by atoms with Crippen LogP contribution in [0.1, 0.15) is 43.9 Å². The first-order valence-corrected chi connectivity index (χ1v) is 14.2. The Kier molecular flexibility index (Phi) is 7.32. The molecule has 0 radical (unpaired) electrons. The van der Waals surface area contributed by atoms with E-state index in [0.29, 0.717) is 29.9 Å². The average molecular weight is 570 g/mol. The smallest absolute Gasteiger partial charge is 0.407 e. The van der Waals surface area contributed by atoms with Crippen LogP contribution in [-0.2, 0) is 34.3 Å². The molecule has 0 unspecified atom stereocenters. The number of rotatable bonds is 8. The van der Waals surface area contributed by atoms with Gasteiger partial charge < -0.3 is 24.1 Å². The lowest BCUT2D eigenvalue weighted by Crippen LogP contribution is -2.32. The van der Waals surface area contributed by atoms with Gasteiger partial charge >= 0.3 is 6.09 Å². The molecule has 0 fully saturated rings. The maximum atomic E-state index is 13.2. The third-order valence-corrected chi connectivity index (χ3v) is 7.55. The molecular weight excluding hydrogens is 538 g/mol. The fourth-order valence-corrected chi connectivity index (χ4v) is 5.68. The van der Waals surface area contributed by atoms with Crippen molar-refractivity contribution in [1.82, 2.24) is 20.3 Å². The van der Waals surface area contributed by atoms with Gasteiger partial charge in [0, 0.05) is 23.9 Å². The number of hydrogen-bond donors (Lipinski definition) is 2. The number of carbonyl (C=O) groups excluding carboxylic acids is 1. The molecule has 13 heteroatoms. The summed E-state index contributed by atoms with van der Waals surface area (Å²) in [5, 5.41) is 11.6. The summed E-state index contributed by atoms with van der Waals surface area (Å²) in [6.45, 7) is 6.58. The molecule has 2 N–H and O–H groups in total. The molecule has 0 bridgehead atoms. The number of nitrogens with zero attached hydrogens (tertiary/aromatic N) is 3. The predicted molar refractivity (Wildman–Crippen MR) is 146 cm³/mol. The van der Waals surface area contributed by atoms with Gasteiger partial charge in [0.2, 0.25) is 0 Å². The molecule has 0 spiro atoms. The molecule has 3 heterocycles. The van der Waals surface area contributed by atoms with Crippen molar-refractivity contribution in [3.63, 3.8) is 0 Å². The topological polar surface area (TPSA) is 147 Å². The summed E-state index contributed by atoms with van der Waals surface area (Å²) in [5.74, 6) is 0.792. The van der Waals surface area contributed by atoms with Gasteiger partial charge in [0.25, 0.3) is 10.0 Å². The number of methoxy groups -OCH3 is 1. The number of alkyl carbamates (subject to hydrolysis) is 1. The van der Waals surface area contributed by atoms with E-state index in [4.69, 9.17) is 18.7 Å². The van der Waals surface area contributed by atoms with Crippen LogP contribution in [0, 0.1) is 0 Å². The van der Waals surface area contributed by atoms with Crippen LogP contribution in [0.15, 0.2) is 52.1 Å². The minimum absolute atomic E-state index is 0.0179. The molecule has 1 amide bonds. The Bertz CT molecular complexity index is 1650. The fourth-order valence-electron chi connectivity index (χ4n) is 4.50.